The highest BCUT2D eigenvalue weighted by atomic mass is 19.4. The lowest BCUT2D eigenvalue weighted by Gasteiger charge is -2.37. The third-order valence-corrected chi connectivity index (χ3v) is 4.68. The van der Waals surface area contributed by atoms with Gasteiger partial charge in [-0.3, -0.25) is 4.99 Å². The van der Waals surface area contributed by atoms with Crippen molar-refractivity contribution < 1.29 is 17.9 Å². The number of alkyl halides is 3. The third-order valence-electron chi connectivity index (χ3n) is 4.68. The topological polar surface area (TPSA) is 45.7 Å². The zero-order chi connectivity index (χ0) is 19.0. The first-order chi connectivity index (χ1) is 12.4. The van der Waals surface area contributed by atoms with E-state index in [0.29, 0.717) is 44.1 Å². The van der Waals surface area contributed by atoms with Gasteiger partial charge < -0.3 is 15.4 Å². The van der Waals surface area contributed by atoms with Crippen LogP contribution in [0, 0.1) is 0 Å². The van der Waals surface area contributed by atoms with Crippen LogP contribution in [0.15, 0.2) is 29.3 Å². The summed E-state index contributed by atoms with van der Waals surface area (Å²) in [6.45, 7) is 7.08. The number of hydrogen-bond acceptors (Lipinski definition) is 2. The standard InChI is InChI=1S/C19H28F3N3O/c1-3-10-24-17(23-4-2)25-14-18(8-11-26-12-9-18)15-6-5-7-16(13-15)19(20,21)22/h5-7,13H,3-4,8-12,14H2,1-2H3,(H2,23,24,25). The number of aliphatic imine (C=N–C) groups is 1. The molecule has 0 aromatic heterocycles. The molecule has 0 atom stereocenters. The Bertz CT molecular complexity index is 596. The highest BCUT2D eigenvalue weighted by molar-refractivity contribution is 5.79. The van der Waals surface area contributed by atoms with Crippen molar-refractivity contribution >= 4 is 5.96 Å². The van der Waals surface area contributed by atoms with Crippen LogP contribution < -0.4 is 10.6 Å². The maximum atomic E-state index is 13.1. The average molecular weight is 371 g/mol. The Morgan fingerprint density at radius 2 is 1.92 bits per heavy atom. The van der Waals surface area contributed by atoms with Crippen LogP contribution in [0.3, 0.4) is 0 Å². The molecule has 146 valence electrons. The highest BCUT2D eigenvalue weighted by Crippen LogP contribution is 2.38. The maximum Gasteiger partial charge on any atom is 0.416 e. The summed E-state index contributed by atoms with van der Waals surface area (Å²) in [6.07, 6.45) is -2.06. The first-order valence-electron chi connectivity index (χ1n) is 9.19. The van der Waals surface area contributed by atoms with Gasteiger partial charge in [0.1, 0.15) is 0 Å². The number of hydrogen-bond donors (Lipinski definition) is 2. The second kappa shape index (κ2) is 9.26. The number of guanidine groups is 1. The van der Waals surface area contributed by atoms with Crippen molar-refractivity contribution in [2.45, 2.75) is 44.7 Å². The zero-order valence-electron chi connectivity index (χ0n) is 15.5. The summed E-state index contributed by atoms with van der Waals surface area (Å²) in [5, 5.41) is 6.43. The minimum atomic E-state index is -4.34. The summed E-state index contributed by atoms with van der Waals surface area (Å²) >= 11 is 0. The van der Waals surface area contributed by atoms with Crippen LogP contribution >= 0.6 is 0 Å². The molecule has 0 spiro atoms. The van der Waals surface area contributed by atoms with E-state index in [0.717, 1.165) is 25.6 Å². The molecular weight excluding hydrogens is 343 g/mol. The van der Waals surface area contributed by atoms with E-state index in [1.807, 2.05) is 6.92 Å². The lowest BCUT2D eigenvalue weighted by Crippen LogP contribution is -2.41. The summed E-state index contributed by atoms with van der Waals surface area (Å²) in [7, 11) is 0. The molecule has 1 saturated heterocycles. The Morgan fingerprint density at radius 3 is 2.54 bits per heavy atom. The molecule has 1 heterocycles. The van der Waals surface area contributed by atoms with Gasteiger partial charge in [-0.2, -0.15) is 13.2 Å². The fourth-order valence-electron chi connectivity index (χ4n) is 3.14. The minimum Gasteiger partial charge on any atom is -0.381 e. The van der Waals surface area contributed by atoms with E-state index in [1.165, 1.54) is 12.1 Å². The second-order valence-electron chi connectivity index (χ2n) is 6.59. The molecule has 1 aliphatic rings. The van der Waals surface area contributed by atoms with Gasteiger partial charge in [-0.1, -0.05) is 25.1 Å². The minimum absolute atomic E-state index is 0.427. The molecule has 0 saturated carbocycles. The fraction of sp³-hybridized carbons (Fsp3) is 0.632. The monoisotopic (exact) mass is 371 g/mol. The van der Waals surface area contributed by atoms with Gasteiger partial charge in [0, 0.05) is 31.7 Å². The van der Waals surface area contributed by atoms with E-state index >= 15 is 0 Å². The van der Waals surface area contributed by atoms with E-state index in [1.54, 1.807) is 6.07 Å². The largest absolute Gasteiger partial charge is 0.416 e. The SMILES string of the molecule is CCCNC(=NCC1(c2cccc(C(F)(F)F)c2)CCOCC1)NCC. The predicted octanol–water partition coefficient (Wildman–Crippen LogP) is 3.72. The van der Waals surface area contributed by atoms with Crippen LogP contribution in [-0.2, 0) is 16.3 Å². The molecule has 0 amide bonds. The van der Waals surface area contributed by atoms with Crippen LogP contribution in [0.2, 0.25) is 0 Å². The summed E-state index contributed by atoms with van der Waals surface area (Å²) in [6, 6.07) is 5.65. The molecular formula is C19H28F3N3O. The average Bonchev–Trinajstić information content (AvgIpc) is 2.64. The first-order valence-corrected chi connectivity index (χ1v) is 9.19. The molecule has 2 N–H and O–H groups in total. The Kier molecular flexibility index (Phi) is 7.32. The number of halogens is 3. The number of rotatable bonds is 6. The van der Waals surface area contributed by atoms with Crippen molar-refractivity contribution in [3.05, 3.63) is 35.4 Å². The number of benzene rings is 1. The summed E-state index contributed by atoms with van der Waals surface area (Å²) in [5.74, 6) is 0.701. The Hall–Kier alpha value is -1.76. The first kappa shape index (κ1) is 20.6. The van der Waals surface area contributed by atoms with Crippen molar-refractivity contribution in [1.82, 2.24) is 10.6 Å². The normalized spacial score (nSPS) is 17.8. The Labute approximate surface area is 153 Å². The molecule has 1 aromatic rings. The van der Waals surface area contributed by atoms with Crippen LogP contribution in [0.4, 0.5) is 13.2 Å². The lowest BCUT2D eigenvalue weighted by molar-refractivity contribution is -0.137. The van der Waals surface area contributed by atoms with Gasteiger partial charge in [-0.15, -0.1) is 0 Å². The van der Waals surface area contributed by atoms with Gasteiger partial charge in [0.2, 0.25) is 0 Å². The second-order valence-corrected chi connectivity index (χ2v) is 6.59. The Balaban J connectivity index is 2.30. The van der Waals surface area contributed by atoms with Gasteiger partial charge in [0.25, 0.3) is 0 Å². The van der Waals surface area contributed by atoms with Gasteiger partial charge in [0.05, 0.1) is 12.1 Å². The molecule has 26 heavy (non-hydrogen) atoms. The molecule has 1 fully saturated rings. The van der Waals surface area contributed by atoms with Crippen LogP contribution in [0.25, 0.3) is 0 Å². The van der Waals surface area contributed by atoms with Crippen molar-refractivity contribution in [3.63, 3.8) is 0 Å². The smallest absolute Gasteiger partial charge is 0.381 e. The van der Waals surface area contributed by atoms with Crippen LogP contribution in [0.5, 0.6) is 0 Å². The molecule has 1 aliphatic heterocycles. The molecule has 2 rings (SSSR count). The fourth-order valence-corrected chi connectivity index (χ4v) is 3.14. The van der Waals surface area contributed by atoms with Gasteiger partial charge in [-0.05, 0) is 37.8 Å². The van der Waals surface area contributed by atoms with Gasteiger partial charge >= 0.3 is 6.18 Å². The van der Waals surface area contributed by atoms with E-state index in [2.05, 4.69) is 22.5 Å². The van der Waals surface area contributed by atoms with Gasteiger partial charge in [0.15, 0.2) is 5.96 Å². The van der Waals surface area contributed by atoms with Crippen molar-refractivity contribution in [2.24, 2.45) is 4.99 Å². The van der Waals surface area contributed by atoms with Crippen molar-refractivity contribution in [3.8, 4) is 0 Å². The van der Waals surface area contributed by atoms with Crippen LogP contribution in [0.1, 0.15) is 44.2 Å². The number of ether oxygens (including phenoxy) is 1. The number of nitrogens with zero attached hydrogens (tertiary/aromatic N) is 1. The molecule has 4 nitrogen and oxygen atoms in total. The van der Waals surface area contributed by atoms with Crippen molar-refractivity contribution in [1.29, 1.82) is 0 Å². The molecule has 0 aliphatic carbocycles. The summed E-state index contributed by atoms with van der Waals surface area (Å²) in [4.78, 5) is 4.67. The third kappa shape index (κ3) is 5.37. The molecule has 0 radical (unpaired) electrons. The molecule has 7 heteroatoms. The zero-order valence-corrected chi connectivity index (χ0v) is 15.5. The van der Waals surface area contributed by atoms with E-state index in [9.17, 15) is 13.2 Å². The van der Waals surface area contributed by atoms with E-state index < -0.39 is 17.2 Å². The molecule has 1 aromatic carbocycles. The van der Waals surface area contributed by atoms with E-state index in [4.69, 9.17) is 4.74 Å². The predicted molar refractivity (Wildman–Crippen MR) is 97.4 cm³/mol. The van der Waals surface area contributed by atoms with Crippen LogP contribution in [-0.4, -0.2) is 38.8 Å². The summed E-state index contributed by atoms with van der Waals surface area (Å²) in [5.41, 5.74) is -0.361. The number of nitrogens with one attached hydrogen (secondary N) is 2. The lowest BCUT2D eigenvalue weighted by atomic mass is 9.74. The molecule has 0 unspecified atom stereocenters. The van der Waals surface area contributed by atoms with Gasteiger partial charge in [-0.25, -0.2) is 0 Å². The quantitative estimate of drug-likeness (QED) is 0.592. The van der Waals surface area contributed by atoms with Crippen molar-refractivity contribution in [2.75, 3.05) is 32.8 Å². The van der Waals surface area contributed by atoms with E-state index in [-0.39, 0.29) is 0 Å². The highest BCUT2D eigenvalue weighted by Gasteiger charge is 2.37. The maximum absolute atomic E-state index is 13.1. The Morgan fingerprint density at radius 1 is 1.19 bits per heavy atom. The summed E-state index contributed by atoms with van der Waals surface area (Å²) < 4.78 is 44.9. The molecule has 0 bridgehead atoms.